The number of fused-ring (bicyclic) bond motifs is 3. The lowest BCUT2D eigenvalue weighted by molar-refractivity contribution is -0.677. The third-order valence-corrected chi connectivity index (χ3v) is 5.37. The number of hydrogen-bond donors (Lipinski definition) is 0. The monoisotopic (exact) mass is 342 g/mol. The van der Waals surface area contributed by atoms with E-state index in [1.54, 1.807) is 7.05 Å². The van der Waals surface area contributed by atoms with E-state index in [0.29, 0.717) is 11.9 Å². The average Bonchev–Trinajstić information content (AvgIpc) is 3.24. The lowest BCUT2D eigenvalue weighted by Gasteiger charge is -2.33. The molecule has 3 amide bonds. The molecule has 25 heavy (non-hydrogen) atoms. The number of rotatable bonds is 3. The predicted octanol–water partition coefficient (Wildman–Crippen LogP) is 2.25. The maximum Gasteiger partial charge on any atom is 0.402 e. The molecule has 1 atom stereocenters. The van der Waals surface area contributed by atoms with Gasteiger partial charge in [-0.25, -0.2) is 13.9 Å². The molecule has 2 fully saturated rings. The fourth-order valence-corrected chi connectivity index (χ4v) is 4.23. The van der Waals surface area contributed by atoms with Crippen LogP contribution in [0.3, 0.4) is 0 Å². The maximum atomic E-state index is 13.0. The van der Waals surface area contributed by atoms with Crippen LogP contribution in [-0.4, -0.2) is 45.7 Å². The number of aromatic nitrogens is 2. The molecule has 4 rings (SSSR count). The molecule has 0 aromatic carbocycles. The van der Waals surface area contributed by atoms with Crippen molar-refractivity contribution in [2.45, 2.75) is 51.6 Å². The Balaban J connectivity index is 1.79. The highest BCUT2D eigenvalue weighted by atomic mass is 16.2. The van der Waals surface area contributed by atoms with Crippen LogP contribution >= 0.6 is 0 Å². The van der Waals surface area contributed by atoms with Crippen LogP contribution in [0.4, 0.5) is 10.7 Å². The summed E-state index contributed by atoms with van der Waals surface area (Å²) in [6.45, 7) is 7.96. The number of likely N-dealkylation sites (N-methyl/N-ethyl adjacent to an activating group) is 1. The molecular formula is C18H24N5O2+. The molecule has 1 unspecified atom stereocenters. The summed E-state index contributed by atoms with van der Waals surface area (Å²) in [5.41, 5.74) is 1.89. The Morgan fingerprint density at radius 1 is 1.36 bits per heavy atom. The van der Waals surface area contributed by atoms with Crippen molar-refractivity contribution in [1.82, 2.24) is 14.4 Å². The largest absolute Gasteiger partial charge is 0.402 e. The zero-order chi connectivity index (χ0) is 17.9. The van der Waals surface area contributed by atoms with Gasteiger partial charge in [-0.1, -0.05) is 17.1 Å². The Bertz CT molecular complexity index is 816. The van der Waals surface area contributed by atoms with E-state index in [4.69, 9.17) is 4.99 Å². The number of amidine groups is 1. The molecule has 0 spiro atoms. The normalized spacial score (nSPS) is 23.2. The van der Waals surface area contributed by atoms with Gasteiger partial charge in [0.15, 0.2) is 0 Å². The molecule has 2 aliphatic heterocycles. The molecule has 1 aromatic heterocycles. The molecule has 7 nitrogen and oxygen atoms in total. The number of aryl methyl sites for hydroxylation is 1. The molecule has 3 aliphatic rings. The van der Waals surface area contributed by atoms with Crippen molar-refractivity contribution in [2.24, 2.45) is 4.99 Å². The molecule has 1 aromatic rings. The summed E-state index contributed by atoms with van der Waals surface area (Å²) in [7, 11) is 1.69. The van der Waals surface area contributed by atoms with E-state index in [9.17, 15) is 9.59 Å². The Labute approximate surface area is 147 Å². The molecule has 132 valence electrons. The first kappa shape index (κ1) is 16.1. The van der Waals surface area contributed by atoms with Crippen LogP contribution in [-0.2, 0) is 4.79 Å². The first-order valence-corrected chi connectivity index (χ1v) is 8.85. The highest BCUT2D eigenvalue weighted by Crippen LogP contribution is 2.37. The second-order valence-corrected chi connectivity index (χ2v) is 7.38. The Morgan fingerprint density at radius 3 is 2.68 bits per heavy atom. The molecule has 1 saturated heterocycles. The Morgan fingerprint density at radius 2 is 2.04 bits per heavy atom. The van der Waals surface area contributed by atoms with Gasteiger partial charge in [0.2, 0.25) is 11.9 Å². The molecule has 0 N–H and O–H groups in total. The van der Waals surface area contributed by atoms with Gasteiger partial charge in [-0.2, -0.15) is 0 Å². The number of amides is 3. The number of imidazole rings is 1. The van der Waals surface area contributed by atoms with Crippen LogP contribution < -0.4 is 4.57 Å². The number of hydrogen-bond acceptors (Lipinski definition) is 3. The summed E-state index contributed by atoms with van der Waals surface area (Å²) in [5.74, 6) is 1.08. The minimum absolute atomic E-state index is 0.225. The van der Waals surface area contributed by atoms with Gasteiger partial charge in [-0.3, -0.25) is 14.6 Å². The summed E-state index contributed by atoms with van der Waals surface area (Å²) in [4.78, 5) is 33.1. The number of carbonyl (C=O) groups is 2. The van der Waals surface area contributed by atoms with Crippen molar-refractivity contribution < 1.29 is 14.2 Å². The molecular weight excluding hydrogens is 318 g/mol. The van der Waals surface area contributed by atoms with E-state index < -0.39 is 6.04 Å². The van der Waals surface area contributed by atoms with E-state index in [0.717, 1.165) is 30.1 Å². The molecule has 1 saturated carbocycles. The Hall–Kier alpha value is -2.44. The first-order chi connectivity index (χ1) is 11.9. The summed E-state index contributed by atoms with van der Waals surface area (Å²) in [6, 6.07) is -0.459. The highest BCUT2D eigenvalue weighted by Gasteiger charge is 2.53. The van der Waals surface area contributed by atoms with E-state index >= 15 is 0 Å². The van der Waals surface area contributed by atoms with E-state index in [1.165, 1.54) is 22.6 Å². The topological polar surface area (TPSA) is 61.8 Å². The molecule has 0 radical (unpaired) electrons. The molecule has 7 heteroatoms. The summed E-state index contributed by atoms with van der Waals surface area (Å²) in [6.07, 6.45) is 6.73. The van der Waals surface area contributed by atoms with Crippen molar-refractivity contribution in [3.63, 3.8) is 0 Å². The quantitative estimate of drug-likeness (QED) is 0.625. The number of nitrogens with zero attached hydrogens (tertiary/aromatic N) is 5. The second-order valence-electron chi connectivity index (χ2n) is 7.38. The van der Waals surface area contributed by atoms with Crippen LogP contribution in [0.15, 0.2) is 23.3 Å². The third-order valence-electron chi connectivity index (χ3n) is 5.37. The third kappa shape index (κ3) is 2.25. The van der Waals surface area contributed by atoms with Crippen molar-refractivity contribution in [2.75, 3.05) is 13.6 Å². The lowest BCUT2D eigenvalue weighted by Crippen LogP contribution is -2.62. The van der Waals surface area contributed by atoms with E-state index in [-0.39, 0.29) is 18.5 Å². The molecule has 3 heterocycles. The van der Waals surface area contributed by atoms with Crippen LogP contribution in [0, 0.1) is 6.92 Å². The SMILES string of the molecule is C=C(C)CN1C(=O)C2C(=Nc3n(C4CCCC4)c(C)c[n+]32)N(C)C1=O. The smallest absolute Gasteiger partial charge is 0.270 e. The van der Waals surface area contributed by atoms with Gasteiger partial charge in [0, 0.05) is 7.05 Å². The average molecular weight is 342 g/mol. The van der Waals surface area contributed by atoms with Gasteiger partial charge in [0.05, 0.1) is 12.6 Å². The zero-order valence-corrected chi connectivity index (χ0v) is 15.0. The van der Waals surface area contributed by atoms with Gasteiger partial charge in [0.1, 0.15) is 11.9 Å². The van der Waals surface area contributed by atoms with Crippen molar-refractivity contribution in [1.29, 1.82) is 0 Å². The van der Waals surface area contributed by atoms with Crippen molar-refractivity contribution in [3.8, 4) is 0 Å². The molecule has 0 bridgehead atoms. The first-order valence-electron chi connectivity index (χ1n) is 8.85. The number of imide groups is 1. The number of carbonyl (C=O) groups excluding carboxylic acids is 2. The highest BCUT2D eigenvalue weighted by molar-refractivity contribution is 6.19. The number of urea groups is 1. The van der Waals surface area contributed by atoms with Crippen LogP contribution in [0.2, 0.25) is 0 Å². The standard InChI is InChI=1S/C18H24N5O2/c1-11(2)9-22-16(24)14-15(20(4)18(22)25)19-17-21(14)10-12(3)23(17)13-7-5-6-8-13/h10,13-14H,1,5-9H2,2-4H3/q+1. The minimum atomic E-state index is -0.557. The van der Waals surface area contributed by atoms with Crippen LogP contribution in [0.25, 0.3) is 0 Å². The summed E-state index contributed by atoms with van der Waals surface area (Å²) in [5, 5.41) is 0. The number of aliphatic imine (C=N–C) groups is 1. The van der Waals surface area contributed by atoms with E-state index in [1.807, 2.05) is 17.7 Å². The van der Waals surface area contributed by atoms with Gasteiger partial charge >= 0.3 is 12.0 Å². The minimum Gasteiger partial charge on any atom is -0.270 e. The van der Waals surface area contributed by atoms with E-state index in [2.05, 4.69) is 18.1 Å². The zero-order valence-electron chi connectivity index (χ0n) is 15.0. The van der Waals surface area contributed by atoms with Gasteiger partial charge in [-0.05, 0) is 39.5 Å². The van der Waals surface area contributed by atoms with Crippen LogP contribution in [0.5, 0.6) is 0 Å². The summed E-state index contributed by atoms with van der Waals surface area (Å²) < 4.78 is 4.17. The maximum absolute atomic E-state index is 13.0. The van der Waals surface area contributed by atoms with Crippen molar-refractivity contribution >= 4 is 23.7 Å². The van der Waals surface area contributed by atoms with Crippen molar-refractivity contribution in [3.05, 3.63) is 24.0 Å². The predicted molar refractivity (Wildman–Crippen MR) is 92.7 cm³/mol. The Kier molecular flexibility index (Phi) is 3.56. The second kappa shape index (κ2) is 5.54. The van der Waals surface area contributed by atoms with Gasteiger partial charge in [0.25, 0.3) is 5.91 Å². The fourth-order valence-electron chi connectivity index (χ4n) is 4.23. The van der Waals surface area contributed by atoms with Crippen LogP contribution in [0.1, 0.15) is 50.4 Å². The lowest BCUT2D eigenvalue weighted by atomic mass is 10.1. The van der Waals surface area contributed by atoms with Gasteiger partial charge < -0.3 is 0 Å². The summed E-state index contributed by atoms with van der Waals surface area (Å²) >= 11 is 0. The van der Waals surface area contributed by atoms with Gasteiger partial charge in [-0.15, -0.1) is 0 Å². The fraction of sp³-hybridized carbons (Fsp3) is 0.556. The molecule has 1 aliphatic carbocycles.